The third-order valence-electron chi connectivity index (χ3n) is 3.53. The second kappa shape index (κ2) is 5.50. The number of likely N-dealkylation sites (N-methyl/N-ethyl adjacent to an activating group) is 1. The van der Waals surface area contributed by atoms with Gasteiger partial charge in [0.1, 0.15) is 6.04 Å². The van der Waals surface area contributed by atoms with Gasteiger partial charge in [-0.3, -0.25) is 14.4 Å². The van der Waals surface area contributed by atoms with Crippen LogP contribution in [0.3, 0.4) is 0 Å². The molecule has 0 aliphatic carbocycles. The molecule has 0 aliphatic heterocycles. The Morgan fingerprint density at radius 3 is 2.70 bits per heavy atom. The van der Waals surface area contributed by atoms with Gasteiger partial charge in [0.25, 0.3) is 0 Å². The maximum atomic E-state index is 11.7. The standard InChI is InChI=1S/C14H19N3O3/c1-9-12(10(2)17(4)15-9)13(14(18)19)16(3)7-11-5-6-20-8-11/h5-6,8,13H,7H2,1-4H3,(H,18,19)/t13-/m0/s1. The highest BCUT2D eigenvalue weighted by atomic mass is 16.4. The van der Waals surface area contributed by atoms with Gasteiger partial charge in [0, 0.05) is 30.4 Å². The van der Waals surface area contributed by atoms with Crippen LogP contribution in [0.5, 0.6) is 0 Å². The second-order valence-corrected chi connectivity index (χ2v) is 5.00. The summed E-state index contributed by atoms with van der Waals surface area (Å²) in [5.41, 5.74) is 3.31. The van der Waals surface area contributed by atoms with Crippen molar-refractivity contribution in [1.82, 2.24) is 14.7 Å². The lowest BCUT2D eigenvalue weighted by Crippen LogP contribution is -2.31. The van der Waals surface area contributed by atoms with Gasteiger partial charge in [-0.05, 0) is 27.0 Å². The molecular weight excluding hydrogens is 258 g/mol. The second-order valence-electron chi connectivity index (χ2n) is 5.00. The van der Waals surface area contributed by atoms with Crippen LogP contribution in [0.1, 0.15) is 28.6 Å². The minimum absolute atomic E-state index is 0.501. The zero-order chi connectivity index (χ0) is 14.9. The summed E-state index contributed by atoms with van der Waals surface area (Å²) < 4.78 is 6.74. The number of rotatable bonds is 5. The molecule has 108 valence electrons. The van der Waals surface area contributed by atoms with Crippen LogP contribution < -0.4 is 0 Å². The first-order chi connectivity index (χ1) is 9.41. The number of aryl methyl sites for hydroxylation is 2. The predicted octanol–water partition coefficient (Wildman–Crippen LogP) is 1.89. The summed E-state index contributed by atoms with van der Waals surface area (Å²) in [6.45, 7) is 4.22. The normalized spacial score (nSPS) is 12.8. The van der Waals surface area contributed by atoms with Crippen molar-refractivity contribution < 1.29 is 14.3 Å². The van der Waals surface area contributed by atoms with Gasteiger partial charge in [0.15, 0.2) is 0 Å². The summed E-state index contributed by atoms with van der Waals surface area (Å²) in [6, 6.07) is 1.11. The molecule has 0 unspecified atom stereocenters. The van der Waals surface area contributed by atoms with Crippen LogP contribution in [0.15, 0.2) is 23.0 Å². The number of carboxylic acids is 1. The molecular formula is C14H19N3O3. The third kappa shape index (κ3) is 2.60. The number of aromatic nitrogens is 2. The Hall–Kier alpha value is -2.08. The van der Waals surface area contributed by atoms with E-state index in [2.05, 4.69) is 5.10 Å². The summed E-state index contributed by atoms with van der Waals surface area (Å²) >= 11 is 0. The molecule has 0 fully saturated rings. The molecule has 0 amide bonds. The van der Waals surface area contributed by atoms with Crippen LogP contribution in [0.25, 0.3) is 0 Å². The van der Waals surface area contributed by atoms with Gasteiger partial charge < -0.3 is 9.52 Å². The number of carbonyl (C=O) groups is 1. The van der Waals surface area contributed by atoms with E-state index in [9.17, 15) is 9.90 Å². The van der Waals surface area contributed by atoms with E-state index in [1.54, 1.807) is 29.2 Å². The fraction of sp³-hybridized carbons (Fsp3) is 0.429. The van der Waals surface area contributed by atoms with Crippen LogP contribution >= 0.6 is 0 Å². The Morgan fingerprint density at radius 2 is 2.25 bits per heavy atom. The van der Waals surface area contributed by atoms with Crippen molar-refractivity contribution in [2.24, 2.45) is 7.05 Å². The van der Waals surface area contributed by atoms with Crippen LogP contribution in [0.4, 0.5) is 0 Å². The zero-order valence-corrected chi connectivity index (χ0v) is 12.1. The van der Waals surface area contributed by atoms with Gasteiger partial charge in [-0.1, -0.05) is 0 Å². The summed E-state index contributed by atoms with van der Waals surface area (Å²) in [6.07, 6.45) is 3.21. The SMILES string of the molecule is Cc1nn(C)c(C)c1[C@@H](C(=O)O)N(C)Cc1ccoc1. The minimum atomic E-state index is -0.879. The largest absolute Gasteiger partial charge is 0.480 e. The van der Waals surface area contributed by atoms with Gasteiger partial charge in [0.2, 0.25) is 0 Å². The molecule has 0 aliphatic rings. The first-order valence-corrected chi connectivity index (χ1v) is 6.36. The zero-order valence-electron chi connectivity index (χ0n) is 12.1. The number of nitrogens with zero attached hydrogens (tertiary/aromatic N) is 3. The molecule has 0 radical (unpaired) electrons. The highest BCUT2D eigenvalue weighted by Gasteiger charge is 2.30. The summed E-state index contributed by atoms with van der Waals surface area (Å²) in [5.74, 6) is -0.879. The molecule has 0 spiro atoms. The maximum absolute atomic E-state index is 11.7. The molecule has 0 saturated carbocycles. The van der Waals surface area contributed by atoms with Crippen LogP contribution in [0, 0.1) is 13.8 Å². The fourth-order valence-corrected chi connectivity index (χ4v) is 2.48. The Morgan fingerprint density at radius 1 is 1.55 bits per heavy atom. The molecule has 2 rings (SSSR count). The average molecular weight is 277 g/mol. The predicted molar refractivity (Wildman–Crippen MR) is 73.2 cm³/mol. The Balaban J connectivity index is 2.33. The van der Waals surface area contributed by atoms with Crippen molar-refractivity contribution in [1.29, 1.82) is 0 Å². The van der Waals surface area contributed by atoms with Crippen molar-refractivity contribution in [3.63, 3.8) is 0 Å². The lowest BCUT2D eigenvalue weighted by molar-refractivity contribution is -0.143. The third-order valence-corrected chi connectivity index (χ3v) is 3.53. The highest BCUT2D eigenvalue weighted by Crippen LogP contribution is 2.27. The van der Waals surface area contributed by atoms with Crippen molar-refractivity contribution in [2.75, 3.05) is 7.05 Å². The highest BCUT2D eigenvalue weighted by molar-refractivity contribution is 5.76. The smallest absolute Gasteiger partial charge is 0.325 e. The van der Waals surface area contributed by atoms with Crippen molar-refractivity contribution in [3.8, 4) is 0 Å². The molecule has 2 aromatic rings. The van der Waals surface area contributed by atoms with Crippen LogP contribution in [-0.4, -0.2) is 32.8 Å². The fourth-order valence-electron chi connectivity index (χ4n) is 2.48. The maximum Gasteiger partial charge on any atom is 0.325 e. The lowest BCUT2D eigenvalue weighted by Gasteiger charge is -2.24. The quantitative estimate of drug-likeness (QED) is 0.903. The van der Waals surface area contributed by atoms with Gasteiger partial charge in [-0.2, -0.15) is 5.10 Å². The van der Waals surface area contributed by atoms with E-state index in [1.165, 1.54) is 0 Å². The van der Waals surface area contributed by atoms with E-state index in [0.29, 0.717) is 6.54 Å². The first-order valence-electron chi connectivity index (χ1n) is 6.36. The number of carboxylic acid groups (broad SMARTS) is 1. The minimum Gasteiger partial charge on any atom is -0.480 e. The summed E-state index contributed by atoms with van der Waals surface area (Å²) in [4.78, 5) is 13.5. The lowest BCUT2D eigenvalue weighted by atomic mass is 10.0. The average Bonchev–Trinajstić information content (AvgIpc) is 2.93. The number of furan rings is 1. The molecule has 0 aromatic carbocycles. The number of hydrogen-bond donors (Lipinski definition) is 1. The molecule has 1 atom stereocenters. The van der Waals surface area contributed by atoms with Gasteiger partial charge in [-0.15, -0.1) is 0 Å². The molecule has 6 heteroatoms. The molecule has 0 saturated heterocycles. The first kappa shape index (κ1) is 14.3. The Kier molecular flexibility index (Phi) is 3.94. The Labute approximate surface area is 117 Å². The van der Waals surface area contributed by atoms with Gasteiger partial charge in [0.05, 0.1) is 18.2 Å². The van der Waals surface area contributed by atoms with Crippen molar-refractivity contribution in [3.05, 3.63) is 41.1 Å². The van der Waals surface area contributed by atoms with E-state index in [-0.39, 0.29) is 0 Å². The topological polar surface area (TPSA) is 71.5 Å². The molecule has 2 aromatic heterocycles. The van der Waals surface area contributed by atoms with E-state index in [0.717, 1.165) is 22.5 Å². The molecule has 20 heavy (non-hydrogen) atoms. The Bertz CT molecular complexity index is 601. The van der Waals surface area contributed by atoms with E-state index >= 15 is 0 Å². The van der Waals surface area contributed by atoms with E-state index in [4.69, 9.17) is 4.42 Å². The van der Waals surface area contributed by atoms with Crippen LogP contribution in [0.2, 0.25) is 0 Å². The van der Waals surface area contributed by atoms with Gasteiger partial charge >= 0.3 is 5.97 Å². The number of hydrogen-bond acceptors (Lipinski definition) is 4. The van der Waals surface area contributed by atoms with Crippen LogP contribution in [-0.2, 0) is 18.4 Å². The van der Waals surface area contributed by atoms with E-state index in [1.807, 2.05) is 27.0 Å². The number of aliphatic carboxylic acids is 1. The summed E-state index contributed by atoms with van der Waals surface area (Å²) in [5, 5.41) is 13.9. The van der Waals surface area contributed by atoms with Crippen molar-refractivity contribution in [2.45, 2.75) is 26.4 Å². The van der Waals surface area contributed by atoms with Crippen molar-refractivity contribution >= 4 is 5.97 Å². The van der Waals surface area contributed by atoms with E-state index < -0.39 is 12.0 Å². The summed E-state index contributed by atoms with van der Waals surface area (Å²) in [7, 11) is 3.61. The molecule has 2 heterocycles. The van der Waals surface area contributed by atoms with Gasteiger partial charge in [-0.25, -0.2) is 0 Å². The molecule has 1 N–H and O–H groups in total. The monoisotopic (exact) mass is 277 g/mol. The molecule has 6 nitrogen and oxygen atoms in total. The molecule has 0 bridgehead atoms.